The van der Waals surface area contributed by atoms with Crippen molar-refractivity contribution in [2.75, 3.05) is 0 Å². The lowest BCUT2D eigenvalue weighted by atomic mass is 10.0. The minimum Gasteiger partial charge on any atom is -0.353 e. The fourth-order valence-corrected chi connectivity index (χ4v) is 4.44. The second-order valence-corrected chi connectivity index (χ2v) is 8.54. The Morgan fingerprint density at radius 3 is 2.61 bits per heavy atom. The van der Waals surface area contributed by atoms with Crippen LogP contribution in [-0.4, -0.2) is 15.9 Å². The third-order valence-corrected chi connectivity index (χ3v) is 6.30. The molecule has 2 aromatic heterocycles. The van der Waals surface area contributed by atoms with Crippen molar-refractivity contribution in [2.45, 2.75) is 25.8 Å². The van der Waals surface area contributed by atoms with Crippen molar-refractivity contribution in [3.8, 4) is 11.4 Å². The van der Waals surface area contributed by atoms with E-state index in [1.807, 2.05) is 54.6 Å². The van der Waals surface area contributed by atoms with E-state index in [2.05, 4.69) is 40.6 Å². The number of hydrogen-bond acceptors (Lipinski definition) is 2. The van der Waals surface area contributed by atoms with Crippen LogP contribution in [-0.2, 0) is 17.8 Å². The maximum atomic E-state index is 12.4. The summed E-state index contributed by atoms with van der Waals surface area (Å²) in [7, 11) is 0. The van der Waals surface area contributed by atoms with Gasteiger partial charge in [-0.05, 0) is 48.2 Å². The number of nitrogens with zero attached hydrogens (tertiary/aromatic N) is 1. The monoisotopic (exact) mass is 453 g/mol. The van der Waals surface area contributed by atoms with Crippen molar-refractivity contribution in [3.05, 3.63) is 101 Å². The summed E-state index contributed by atoms with van der Waals surface area (Å²) in [5.41, 5.74) is 6.13. The number of aryl methyl sites for hydroxylation is 1. The van der Waals surface area contributed by atoms with Crippen LogP contribution < -0.4 is 5.32 Å². The summed E-state index contributed by atoms with van der Waals surface area (Å²) < 4.78 is 0. The highest BCUT2D eigenvalue weighted by Gasteiger charge is 2.15. The lowest BCUT2D eigenvalue weighted by molar-refractivity contribution is -0.121. The Balaban J connectivity index is 1.33. The van der Waals surface area contributed by atoms with Gasteiger partial charge >= 0.3 is 0 Å². The van der Waals surface area contributed by atoms with Gasteiger partial charge in [0.05, 0.1) is 16.9 Å². The zero-order chi connectivity index (χ0) is 22.6. The Hall–Kier alpha value is -3.63. The molecule has 0 saturated carbocycles. The molecular formula is C28H24ClN3O. The van der Waals surface area contributed by atoms with Gasteiger partial charge in [-0.25, -0.2) is 4.98 Å². The molecule has 0 bridgehead atoms. The predicted octanol–water partition coefficient (Wildman–Crippen LogP) is 6.68. The molecule has 3 aromatic carbocycles. The number of pyridine rings is 1. The van der Waals surface area contributed by atoms with E-state index in [9.17, 15) is 4.79 Å². The van der Waals surface area contributed by atoms with Gasteiger partial charge in [0.1, 0.15) is 0 Å². The molecule has 33 heavy (non-hydrogen) atoms. The summed E-state index contributed by atoms with van der Waals surface area (Å²) in [6, 6.07) is 28.2. The number of nitrogens with one attached hydrogen (secondary N) is 2. The highest BCUT2D eigenvalue weighted by molar-refractivity contribution is 6.31. The van der Waals surface area contributed by atoms with Crippen LogP contribution >= 0.6 is 11.6 Å². The first-order chi connectivity index (χ1) is 16.2. The summed E-state index contributed by atoms with van der Waals surface area (Å²) in [5.74, 6) is 0.0279. The lowest BCUT2D eigenvalue weighted by Crippen LogP contribution is -2.22. The van der Waals surface area contributed by atoms with Gasteiger partial charge in [0.25, 0.3) is 0 Å². The van der Waals surface area contributed by atoms with Crippen LogP contribution in [0.1, 0.15) is 24.0 Å². The molecule has 0 atom stereocenters. The number of H-pyrrole nitrogens is 1. The summed E-state index contributed by atoms with van der Waals surface area (Å²) in [6.45, 7) is 0.442. The smallest absolute Gasteiger partial charge is 0.220 e. The van der Waals surface area contributed by atoms with Crippen LogP contribution in [0.25, 0.3) is 33.2 Å². The molecule has 1 amide bonds. The summed E-state index contributed by atoms with van der Waals surface area (Å²) >= 11 is 6.19. The Kier molecular flexibility index (Phi) is 6.09. The zero-order valence-corrected chi connectivity index (χ0v) is 18.9. The average molecular weight is 454 g/mol. The zero-order valence-electron chi connectivity index (χ0n) is 18.1. The standard InChI is InChI=1S/C28H24ClN3O/c29-23-12-4-1-9-20(23)18-30-27(33)15-7-11-22-21-10-3-6-14-25(21)32-28(22)26-17-16-19-8-2-5-13-24(19)31-26/h1-6,8-10,12-14,16-17,32H,7,11,15,18H2,(H,30,33). The quantitative estimate of drug-likeness (QED) is 0.289. The van der Waals surface area contributed by atoms with Crippen molar-refractivity contribution >= 4 is 39.3 Å². The van der Waals surface area contributed by atoms with E-state index in [0.717, 1.165) is 46.2 Å². The molecule has 2 heterocycles. The normalized spacial score (nSPS) is 11.2. The van der Waals surface area contributed by atoms with Gasteiger partial charge in [-0.2, -0.15) is 0 Å². The SMILES string of the molecule is O=C(CCCc1c(-c2ccc3ccccc3n2)[nH]c2ccccc12)NCc1ccccc1Cl. The van der Waals surface area contributed by atoms with Crippen molar-refractivity contribution in [1.29, 1.82) is 0 Å². The van der Waals surface area contributed by atoms with Gasteiger partial charge in [-0.1, -0.05) is 72.3 Å². The van der Waals surface area contributed by atoms with E-state index in [-0.39, 0.29) is 5.91 Å². The number of hydrogen-bond donors (Lipinski definition) is 2. The molecule has 0 spiro atoms. The van der Waals surface area contributed by atoms with Crippen molar-refractivity contribution in [1.82, 2.24) is 15.3 Å². The molecule has 0 aliphatic rings. The van der Waals surface area contributed by atoms with Gasteiger partial charge in [-0.15, -0.1) is 0 Å². The van der Waals surface area contributed by atoms with Gasteiger partial charge in [0.2, 0.25) is 5.91 Å². The molecule has 0 radical (unpaired) electrons. The van der Waals surface area contributed by atoms with E-state index in [1.54, 1.807) is 0 Å². The topological polar surface area (TPSA) is 57.8 Å². The van der Waals surface area contributed by atoms with E-state index in [4.69, 9.17) is 16.6 Å². The number of carbonyl (C=O) groups is 1. The molecule has 0 saturated heterocycles. The Morgan fingerprint density at radius 1 is 0.909 bits per heavy atom. The summed E-state index contributed by atoms with van der Waals surface area (Å²) in [6.07, 6.45) is 1.98. The molecule has 2 N–H and O–H groups in total. The fourth-order valence-electron chi connectivity index (χ4n) is 4.23. The van der Waals surface area contributed by atoms with E-state index in [0.29, 0.717) is 18.0 Å². The molecule has 164 valence electrons. The maximum Gasteiger partial charge on any atom is 0.220 e. The molecule has 5 rings (SSSR count). The van der Waals surface area contributed by atoms with Crippen LogP contribution in [0.15, 0.2) is 84.9 Å². The van der Waals surface area contributed by atoms with Gasteiger partial charge in [-0.3, -0.25) is 4.79 Å². The van der Waals surface area contributed by atoms with Gasteiger partial charge in [0, 0.05) is 34.3 Å². The number of aromatic nitrogens is 2. The summed E-state index contributed by atoms with van der Waals surface area (Å²) in [5, 5.41) is 5.95. The number of amides is 1. The van der Waals surface area contributed by atoms with E-state index < -0.39 is 0 Å². The van der Waals surface area contributed by atoms with Crippen LogP contribution in [0.3, 0.4) is 0 Å². The first-order valence-electron chi connectivity index (χ1n) is 11.1. The highest BCUT2D eigenvalue weighted by Crippen LogP contribution is 2.31. The Labute approximate surface area is 197 Å². The number of carbonyl (C=O) groups excluding carboxylic acids is 1. The summed E-state index contributed by atoms with van der Waals surface area (Å²) in [4.78, 5) is 20.9. The number of para-hydroxylation sites is 2. The van der Waals surface area contributed by atoms with Crippen LogP contribution in [0.4, 0.5) is 0 Å². The number of rotatable bonds is 7. The fraction of sp³-hybridized carbons (Fsp3) is 0.143. The molecule has 0 aliphatic carbocycles. The Bertz CT molecular complexity index is 1440. The van der Waals surface area contributed by atoms with E-state index >= 15 is 0 Å². The highest BCUT2D eigenvalue weighted by atomic mass is 35.5. The number of benzene rings is 3. The second kappa shape index (κ2) is 9.47. The minimum atomic E-state index is 0.0279. The van der Waals surface area contributed by atoms with Crippen molar-refractivity contribution in [3.63, 3.8) is 0 Å². The number of halogens is 1. The average Bonchev–Trinajstić information content (AvgIpc) is 3.22. The number of fused-ring (bicyclic) bond motifs is 2. The largest absolute Gasteiger partial charge is 0.353 e. The first-order valence-corrected chi connectivity index (χ1v) is 11.5. The van der Waals surface area contributed by atoms with Crippen LogP contribution in [0, 0.1) is 0 Å². The lowest BCUT2D eigenvalue weighted by Gasteiger charge is -2.08. The molecule has 0 fully saturated rings. The Morgan fingerprint density at radius 2 is 1.70 bits per heavy atom. The van der Waals surface area contributed by atoms with Crippen molar-refractivity contribution < 1.29 is 4.79 Å². The third-order valence-electron chi connectivity index (χ3n) is 5.93. The third kappa shape index (κ3) is 4.62. The molecule has 5 heteroatoms. The van der Waals surface area contributed by atoms with Crippen LogP contribution in [0.5, 0.6) is 0 Å². The molecule has 4 nitrogen and oxygen atoms in total. The molecule has 0 unspecified atom stereocenters. The molecular weight excluding hydrogens is 430 g/mol. The maximum absolute atomic E-state index is 12.4. The predicted molar refractivity (Wildman–Crippen MR) is 135 cm³/mol. The molecule has 5 aromatic rings. The first kappa shape index (κ1) is 21.2. The minimum absolute atomic E-state index is 0.0279. The number of aromatic amines is 1. The van der Waals surface area contributed by atoms with Crippen LogP contribution in [0.2, 0.25) is 5.02 Å². The van der Waals surface area contributed by atoms with Gasteiger partial charge in [0.15, 0.2) is 0 Å². The molecule has 0 aliphatic heterocycles. The van der Waals surface area contributed by atoms with Gasteiger partial charge < -0.3 is 10.3 Å². The second-order valence-electron chi connectivity index (χ2n) is 8.14. The van der Waals surface area contributed by atoms with E-state index in [1.165, 1.54) is 10.9 Å². The van der Waals surface area contributed by atoms with Crippen molar-refractivity contribution in [2.24, 2.45) is 0 Å².